The van der Waals surface area contributed by atoms with Crippen molar-refractivity contribution in [1.82, 2.24) is 4.90 Å². The number of hydrogen-bond acceptors (Lipinski definition) is 9. The van der Waals surface area contributed by atoms with Crippen molar-refractivity contribution in [2.24, 2.45) is 0 Å². The van der Waals surface area contributed by atoms with Crippen molar-refractivity contribution in [2.45, 2.75) is 88.3 Å². The van der Waals surface area contributed by atoms with E-state index in [-0.39, 0.29) is 11.9 Å². The normalized spacial score (nSPS) is 41.0. The molecule has 0 aromatic rings. The molecule has 0 aromatic carbocycles. The van der Waals surface area contributed by atoms with Crippen LogP contribution >= 0.6 is 0 Å². The lowest BCUT2D eigenvalue weighted by Gasteiger charge is -2.52. The Bertz CT molecular complexity index is 790. The maximum Gasteiger partial charge on any atom is 0.330 e. The van der Waals surface area contributed by atoms with E-state index >= 15 is 0 Å². The Hall–Kier alpha value is -1.56. The predicted molar refractivity (Wildman–Crippen MR) is 109 cm³/mol. The minimum absolute atomic E-state index is 0.204. The van der Waals surface area contributed by atoms with Crippen LogP contribution in [0.4, 0.5) is 0 Å². The van der Waals surface area contributed by atoms with Crippen molar-refractivity contribution >= 4 is 11.9 Å². The van der Waals surface area contributed by atoms with Crippen LogP contribution in [0, 0.1) is 0 Å². The number of carbonyl (C=O) groups excluding carboxylic acids is 2. The molecule has 0 bridgehead atoms. The second kappa shape index (κ2) is 8.03. The van der Waals surface area contributed by atoms with Gasteiger partial charge in [0.05, 0.1) is 32.4 Å². The average Bonchev–Trinajstić information content (AvgIpc) is 3.21. The van der Waals surface area contributed by atoms with Crippen molar-refractivity contribution in [3.63, 3.8) is 0 Å². The maximum atomic E-state index is 13.1. The van der Waals surface area contributed by atoms with Crippen molar-refractivity contribution in [2.75, 3.05) is 27.4 Å². The minimum atomic E-state index is -0.924. The molecule has 0 spiro atoms. The van der Waals surface area contributed by atoms with E-state index in [4.69, 9.17) is 33.2 Å². The van der Waals surface area contributed by atoms with Gasteiger partial charge in [-0.05, 0) is 34.6 Å². The summed E-state index contributed by atoms with van der Waals surface area (Å²) in [5.74, 6) is -2.42. The lowest BCUT2D eigenvalue weighted by molar-refractivity contribution is -0.190. The molecular weight excluding hydrogens is 422 g/mol. The molecule has 4 aliphatic rings. The Kier molecular flexibility index (Phi) is 5.92. The first-order valence-electron chi connectivity index (χ1n) is 10.8. The number of likely N-dealkylation sites (tertiary alicyclic amines) is 1. The van der Waals surface area contributed by atoms with E-state index in [9.17, 15) is 9.59 Å². The summed E-state index contributed by atoms with van der Waals surface area (Å²) >= 11 is 0. The molecule has 0 unspecified atom stereocenters. The van der Waals surface area contributed by atoms with Crippen LogP contribution in [0.5, 0.6) is 0 Å². The highest BCUT2D eigenvalue weighted by molar-refractivity contribution is 5.90. The molecule has 1 amide bonds. The van der Waals surface area contributed by atoms with E-state index in [1.165, 1.54) is 20.3 Å². The highest BCUT2D eigenvalue weighted by Gasteiger charge is 2.66. The van der Waals surface area contributed by atoms with Gasteiger partial charge in [-0.25, -0.2) is 4.79 Å². The molecule has 0 aliphatic carbocycles. The van der Waals surface area contributed by atoms with Crippen LogP contribution in [-0.4, -0.2) is 97.9 Å². The van der Waals surface area contributed by atoms with Crippen molar-refractivity contribution in [1.29, 1.82) is 0 Å². The average molecular weight is 456 g/mol. The van der Waals surface area contributed by atoms with Gasteiger partial charge in [0.1, 0.15) is 23.9 Å². The Morgan fingerprint density at radius 2 is 1.78 bits per heavy atom. The van der Waals surface area contributed by atoms with E-state index in [0.29, 0.717) is 13.2 Å². The van der Waals surface area contributed by atoms with Gasteiger partial charge in [-0.15, -0.1) is 0 Å². The summed E-state index contributed by atoms with van der Waals surface area (Å²) in [6.45, 7) is 10.1. The molecule has 4 heterocycles. The zero-order valence-corrected chi connectivity index (χ0v) is 19.7. The molecule has 0 radical (unpaired) electrons. The number of nitrogens with zero attached hydrogens (tertiary/aromatic N) is 1. The summed E-state index contributed by atoms with van der Waals surface area (Å²) in [6.07, 6.45) is 0.717. The van der Waals surface area contributed by atoms with Crippen LogP contribution in [0.1, 0.15) is 34.6 Å². The number of ether oxygens (including phenoxy) is 7. The monoisotopic (exact) mass is 455 g/mol. The Balaban J connectivity index is 1.68. The van der Waals surface area contributed by atoms with Gasteiger partial charge in [0.15, 0.2) is 17.7 Å². The largest absolute Gasteiger partial charge is 0.466 e. The molecule has 32 heavy (non-hydrogen) atoms. The van der Waals surface area contributed by atoms with Gasteiger partial charge in [0, 0.05) is 13.2 Å². The summed E-state index contributed by atoms with van der Waals surface area (Å²) in [6, 6.07) is -0.976. The fourth-order valence-electron chi connectivity index (χ4n) is 4.80. The molecule has 180 valence electrons. The van der Waals surface area contributed by atoms with Crippen molar-refractivity contribution in [3.05, 3.63) is 12.2 Å². The smallest absolute Gasteiger partial charge is 0.330 e. The Labute approximate surface area is 188 Å². The summed E-state index contributed by atoms with van der Waals surface area (Å²) in [7, 11) is 2.80. The number of carbonyl (C=O) groups is 2. The SMILES string of the molecule is COC(=O)/C=C/[C@@H]([C@H]1OC(C)(C)O[C@@H]1[C@H]1COC(C)(C)O1)N1C(=O)[C@@H](OC)[C@H]1[C@@]1(C)CO1. The van der Waals surface area contributed by atoms with Crippen LogP contribution in [0.3, 0.4) is 0 Å². The third kappa shape index (κ3) is 4.20. The Morgan fingerprint density at radius 1 is 1.09 bits per heavy atom. The highest BCUT2D eigenvalue weighted by Crippen LogP contribution is 2.46. The molecular formula is C22H33NO9. The molecule has 0 N–H and O–H groups in total. The van der Waals surface area contributed by atoms with E-state index in [0.717, 1.165) is 0 Å². The molecule has 10 nitrogen and oxygen atoms in total. The van der Waals surface area contributed by atoms with Gasteiger partial charge in [0.2, 0.25) is 0 Å². The van der Waals surface area contributed by atoms with Crippen LogP contribution in [0.2, 0.25) is 0 Å². The molecule has 4 rings (SSSR count). The first-order chi connectivity index (χ1) is 14.9. The van der Waals surface area contributed by atoms with E-state index in [2.05, 4.69) is 0 Å². The third-order valence-corrected chi connectivity index (χ3v) is 6.41. The fourth-order valence-corrected chi connectivity index (χ4v) is 4.80. The molecule has 7 atom stereocenters. The number of epoxide rings is 1. The summed E-state index contributed by atoms with van der Waals surface area (Å²) in [4.78, 5) is 26.7. The van der Waals surface area contributed by atoms with E-state index in [1.807, 2.05) is 20.8 Å². The minimum Gasteiger partial charge on any atom is -0.466 e. The van der Waals surface area contributed by atoms with Gasteiger partial charge in [-0.3, -0.25) is 4.79 Å². The van der Waals surface area contributed by atoms with Crippen molar-refractivity contribution in [3.8, 4) is 0 Å². The number of rotatable bonds is 7. The zero-order chi connectivity index (χ0) is 23.5. The van der Waals surface area contributed by atoms with Gasteiger partial charge < -0.3 is 38.1 Å². The molecule has 4 fully saturated rings. The molecule has 4 aliphatic heterocycles. The lowest BCUT2D eigenvalue weighted by Crippen LogP contribution is -2.74. The van der Waals surface area contributed by atoms with Gasteiger partial charge >= 0.3 is 5.97 Å². The zero-order valence-electron chi connectivity index (χ0n) is 19.7. The predicted octanol–water partition coefficient (Wildman–Crippen LogP) is 0.771. The van der Waals surface area contributed by atoms with Crippen LogP contribution in [-0.2, 0) is 42.7 Å². The fraction of sp³-hybridized carbons (Fsp3) is 0.818. The van der Waals surface area contributed by atoms with Gasteiger partial charge in [-0.2, -0.15) is 0 Å². The van der Waals surface area contributed by atoms with Gasteiger partial charge in [0.25, 0.3) is 5.91 Å². The van der Waals surface area contributed by atoms with Crippen LogP contribution in [0.25, 0.3) is 0 Å². The lowest BCUT2D eigenvalue weighted by atomic mass is 9.83. The first kappa shape index (κ1) is 23.6. The molecule has 10 heteroatoms. The van der Waals surface area contributed by atoms with E-state index in [1.54, 1.807) is 24.8 Å². The van der Waals surface area contributed by atoms with Crippen molar-refractivity contribution < 1.29 is 42.7 Å². The molecule has 0 aromatic heterocycles. The highest BCUT2D eigenvalue weighted by atomic mass is 16.8. The summed E-state index contributed by atoms with van der Waals surface area (Å²) < 4.78 is 40.2. The second-order valence-electron chi connectivity index (χ2n) is 9.75. The number of β-lactam (4-membered cyclic amide) rings is 1. The van der Waals surface area contributed by atoms with Crippen LogP contribution < -0.4 is 0 Å². The summed E-state index contributed by atoms with van der Waals surface area (Å²) in [5.41, 5.74) is -0.522. The maximum absolute atomic E-state index is 13.1. The number of hydrogen-bond donors (Lipinski definition) is 0. The second-order valence-corrected chi connectivity index (χ2v) is 9.75. The number of methoxy groups -OCH3 is 2. The summed E-state index contributed by atoms with van der Waals surface area (Å²) in [5, 5.41) is 0. The third-order valence-electron chi connectivity index (χ3n) is 6.41. The Morgan fingerprint density at radius 3 is 2.31 bits per heavy atom. The topological polar surface area (TPSA) is 105 Å². The van der Waals surface area contributed by atoms with E-state index < -0.39 is 53.6 Å². The standard InChI is InChI=1S/C22H33NO9/c1-20(2)28-10-13(30-20)16-15(31-21(3,4)32-16)12(8-9-14(24)26-6)23-18(22(5)11-29-22)17(27-7)19(23)25/h8-9,12-13,15-18H,10-11H2,1-7H3/b9-8+/t12-,13+,15+,16+,17-,18-,22+/m0/s1. The quantitative estimate of drug-likeness (QED) is 0.238. The first-order valence-corrected chi connectivity index (χ1v) is 10.8. The number of amides is 1. The molecule has 4 saturated heterocycles. The van der Waals surface area contributed by atoms with Crippen LogP contribution in [0.15, 0.2) is 12.2 Å². The van der Waals surface area contributed by atoms with Gasteiger partial charge in [-0.1, -0.05) is 6.08 Å². The number of esters is 1. The molecule has 0 saturated carbocycles.